The lowest BCUT2D eigenvalue weighted by Crippen LogP contribution is -2.40. The Balaban J connectivity index is 0.000000154. The lowest BCUT2D eigenvalue weighted by atomic mass is 9.87. The molecule has 0 radical (unpaired) electrons. The van der Waals surface area contributed by atoms with Crippen LogP contribution in [0.2, 0.25) is 0 Å². The van der Waals surface area contributed by atoms with Gasteiger partial charge in [0, 0.05) is 73.1 Å². The molecule has 12 rings (SSSR count). The van der Waals surface area contributed by atoms with Crippen LogP contribution in [0.5, 0.6) is 17.2 Å². The summed E-state index contributed by atoms with van der Waals surface area (Å²) in [6.45, 7) is 7.05. The summed E-state index contributed by atoms with van der Waals surface area (Å²) in [5, 5.41) is 23.9. The van der Waals surface area contributed by atoms with Gasteiger partial charge in [-0.2, -0.15) is 0 Å². The van der Waals surface area contributed by atoms with Crippen LogP contribution >= 0.6 is 11.3 Å². The van der Waals surface area contributed by atoms with Gasteiger partial charge in [-0.05, 0) is 188 Å². The molecular formula is C79H83F2N5O7S. The van der Waals surface area contributed by atoms with Crippen LogP contribution in [0.1, 0.15) is 71.9 Å². The predicted octanol–water partition coefficient (Wildman–Crippen LogP) is 15.4. The number of likely N-dealkylation sites (tertiary alicyclic amines) is 3. The van der Waals surface area contributed by atoms with Crippen molar-refractivity contribution < 1.29 is 42.9 Å². The van der Waals surface area contributed by atoms with Gasteiger partial charge >= 0.3 is 0 Å². The van der Waals surface area contributed by atoms with Crippen LogP contribution in [-0.2, 0) is 46.9 Å². The lowest BCUT2D eigenvalue weighted by molar-refractivity contribution is -0.124. The second kappa shape index (κ2) is 34.3. The highest BCUT2D eigenvalue weighted by atomic mass is 32.1. The number of Topliss-reactive ketones (excluding diaryl/α,β-unsaturated/α-hetero) is 2. The van der Waals surface area contributed by atoms with Crippen LogP contribution < -0.4 is 14.8 Å². The van der Waals surface area contributed by atoms with Gasteiger partial charge in [-0.1, -0.05) is 133 Å². The number of carbonyl (C=O) groups is 3. The zero-order chi connectivity index (χ0) is 65.6. The van der Waals surface area contributed by atoms with E-state index in [2.05, 4.69) is 37.1 Å². The molecule has 3 N–H and O–H groups in total. The van der Waals surface area contributed by atoms with Crippen molar-refractivity contribution in [1.29, 1.82) is 0 Å². The van der Waals surface area contributed by atoms with E-state index in [9.17, 15) is 28.3 Å². The minimum Gasteiger partial charge on any atom is -0.508 e. The molecule has 3 saturated heterocycles. The number of benzene rings is 8. The molecule has 3 aliphatic heterocycles. The molecule has 486 valence electrons. The fraction of sp³-hybridized carbons (Fsp3) is 0.291. The third kappa shape index (κ3) is 19.6. The number of aromatic nitrogens is 1. The molecule has 0 saturated carbocycles. The van der Waals surface area contributed by atoms with Crippen LogP contribution in [0.15, 0.2) is 205 Å². The predicted molar refractivity (Wildman–Crippen MR) is 371 cm³/mol. The smallest absolute Gasteiger partial charge is 0.228 e. The number of nitrogens with one attached hydrogen (secondary N) is 1. The van der Waals surface area contributed by atoms with E-state index in [1.807, 2.05) is 144 Å². The van der Waals surface area contributed by atoms with Gasteiger partial charge in [0.15, 0.2) is 0 Å². The summed E-state index contributed by atoms with van der Waals surface area (Å²) in [6.07, 6.45) is 10.3. The number of piperidine rings is 3. The molecular weight excluding hydrogens is 1200 g/mol. The number of anilines is 1. The summed E-state index contributed by atoms with van der Waals surface area (Å²) in [4.78, 5) is 50.2. The molecule has 1 unspecified atom stereocenters. The Bertz CT molecular complexity index is 3940. The van der Waals surface area contributed by atoms with Crippen LogP contribution in [0.3, 0.4) is 0 Å². The number of amides is 1. The van der Waals surface area contributed by atoms with Crippen molar-refractivity contribution in [2.24, 2.45) is 17.8 Å². The van der Waals surface area contributed by atoms with Crippen LogP contribution in [-0.4, -0.2) is 107 Å². The average molecular weight is 1280 g/mol. The normalized spacial score (nSPS) is 15.7. The number of nitrogens with zero attached hydrogens (tertiary/aromatic N) is 4. The Morgan fingerprint density at radius 2 is 1.21 bits per heavy atom. The number of aliphatic hydroxyl groups excluding tert-OH is 1. The summed E-state index contributed by atoms with van der Waals surface area (Å²) in [7, 11) is 3.31. The van der Waals surface area contributed by atoms with E-state index in [1.54, 1.807) is 62.0 Å². The van der Waals surface area contributed by atoms with Gasteiger partial charge in [-0.3, -0.25) is 29.1 Å². The quantitative estimate of drug-likeness (QED) is 0.0632. The van der Waals surface area contributed by atoms with Crippen molar-refractivity contribution in [2.45, 2.75) is 71.1 Å². The van der Waals surface area contributed by atoms with E-state index >= 15 is 0 Å². The summed E-state index contributed by atoms with van der Waals surface area (Å²) in [5.74, 6) is 2.18. The van der Waals surface area contributed by atoms with Crippen LogP contribution in [0.25, 0.3) is 39.6 Å². The van der Waals surface area contributed by atoms with E-state index in [1.165, 1.54) is 18.2 Å². The maximum atomic E-state index is 14.3. The number of hydrogen-bond acceptors (Lipinski definition) is 12. The summed E-state index contributed by atoms with van der Waals surface area (Å²) in [6, 6.07) is 58.6. The molecule has 8 aromatic carbocycles. The summed E-state index contributed by atoms with van der Waals surface area (Å²) in [5.41, 5.74) is 14.3. The Labute approximate surface area is 555 Å². The number of phenolic OH excluding ortho intramolecular Hbond substituents is 1. The topological polar surface area (TPSA) is 145 Å². The number of hydrogen-bond donors (Lipinski definition) is 3. The fourth-order valence-corrected chi connectivity index (χ4v) is 13.2. The van der Waals surface area contributed by atoms with E-state index in [0.717, 1.165) is 164 Å². The molecule has 0 spiro atoms. The molecule has 9 aromatic rings. The maximum absolute atomic E-state index is 14.3. The Morgan fingerprint density at radius 3 is 1.85 bits per heavy atom. The standard InChI is InChI=1S/C28H30FNO3.C26H28N2O3.C25H25FN2OS/c1-33-25-7-4-6-22(16-25)26-8-3-2-5-23(26)17-28(32)21-11-13-30(14-12-21)18-24-10-9-20(19-31)15-27(24)29;1-31-25-9-3-6-21(16-25)20-10-12-23(13-11-20)27-26(30)22-7-4-14-28(18-22)17-19-5-2-8-24(29)15-19;26-22-9-7-19(8-10-22)4-3-13-28-14-11-20(12-15-28)25(29)16-21-5-1-2-6-23(21)24-17-30-18-27-24/h2-10,15-16,21,31H,11-14,17-19H2,1H3;2-3,5-6,8-13,15-16,22,29H,4,7,14,17-18H2,1H3,(H,27,30);1-10,17-18,20H,11-16H2/b;;4-3+. The van der Waals surface area contributed by atoms with Crippen molar-refractivity contribution in [2.75, 3.05) is 65.3 Å². The largest absolute Gasteiger partial charge is 0.508 e. The van der Waals surface area contributed by atoms with E-state index in [0.29, 0.717) is 36.3 Å². The third-order valence-corrected chi connectivity index (χ3v) is 18.5. The number of carbonyl (C=O) groups excluding carboxylic acids is 3. The van der Waals surface area contributed by atoms with Gasteiger partial charge in [0.1, 0.15) is 40.4 Å². The highest BCUT2D eigenvalue weighted by molar-refractivity contribution is 7.07. The monoisotopic (exact) mass is 1280 g/mol. The second-order valence-electron chi connectivity index (χ2n) is 24.4. The van der Waals surface area contributed by atoms with Gasteiger partial charge in [0.25, 0.3) is 0 Å². The van der Waals surface area contributed by atoms with Gasteiger partial charge in [-0.25, -0.2) is 13.8 Å². The Kier molecular flexibility index (Phi) is 24.8. The van der Waals surface area contributed by atoms with Gasteiger partial charge < -0.3 is 25.0 Å². The lowest BCUT2D eigenvalue weighted by Gasteiger charge is -2.32. The molecule has 1 aromatic heterocycles. The highest BCUT2D eigenvalue weighted by Gasteiger charge is 2.29. The van der Waals surface area contributed by atoms with Gasteiger partial charge in [-0.15, -0.1) is 11.3 Å². The zero-order valence-corrected chi connectivity index (χ0v) is 54.4. The van der Waals surface area contributed by atoms with Gasteiger partial charge in [0.2, 0.25) is 5.91 Å². The van der Waals surface area contributed by atoms with Crippen molar-refractivity contribution in [3.05, 3.63) is 250 Å². The molecule has 15 heteroatoms. The first kappa shape index (κ1) is 67.9. The first-order valence-electron chi connectivity index (χ1n) is 32.4. The SMILES string of the molecule is COc1cccc(-c2ccc(NC(=O)C3CCCN(Cc4cccc(O)c4)C3)cc2)c1.COc1cccc(-c2ccccc2CC(=O)C2CCN(Cc3ccc(CO)cc3F)CC2)c1.O=C(Cc1ccccc1-c1cscn1)C1CCN(C/C=C/c2ccc(F)cc2)CC1. The molecule has 0 bridgehead atoms. The number of aromatic hydroxyl groups is 1. The number of halogens is 2. The molecule has 0 aliphatic carbocycles. The summed E-state index contributed by atoms with van der Waals surface area (Å²) >= 11 is 1.57. The fourth-order valence-electron chi connectivity index (χ4n) is 12.6. The Hall–Kier alpha value is -8.96. The van der Waals surface area contributed by atoms with Crippen LogP contribution in [0, 0.1) is 29.4 Å². The zero-order valence-electron chi connectivity index (χ0n) is 53.6. The third-order valence-electron chi connectivity index (χ3n) is 17.9. The minimum absolute atomic E-state index is 0.0289. The Morgan fingerprint density at radius 1 is 0.585 bits per heavy atom. The number of aliphatic hydroxyl groups is 1. The second-order valence-corrected chi connectivity index (χ2v) is 25.1. The molecule has 4 heterocycles. The van der Waals surface area contributed by atoms with Crippen LogP contribution in [0.4, 0.5) is 14.5 Å². The first-order valence-corrected chi connectivity index (χ1v) is 33.4. The summed E-state index contributed by atoms with van der Waals surface area (Å²) < 4.78 is 37.9. The van der Waals surface area contributed by atoms with Crippen molar-refractivity contribution >= 4 is 40.6 Å². The molecule has 94 heavy (non-hydrogen) atoms. The molecule has 3 aliphatic rings. The van der Waals surface area contributed by atoms with Crippen molar-refractivity contribution in [3.8, 4) is 50.8 Å². The first-order chi connectivity index (χ1) is 45.9. The molecule has 3 fully saturated rings. The molecule has 12 nitrogen and oxygen atoms in total. The van der Waals surface area contributed by atoms with Crippen molar-refractivity contribution in [1.82, 2.24) is 19.7 Å². The molecule has 1 atom stereocenters. The number of ether oxygens (including phenoxy) is 2. The molecule has 1 amide bonds. The van der Waals surface area contributed by atoms with Crippen molar-refractivity contribution in [3.63, 3.8) is 0 Å². The van der Waals surface area contributed by atoms with E-state index < -0.39 is 0 Å². The van der Waals surface area contributed by atoms with Gasteiger partial charge in [0.05, 0.1) is 37.9 Å². The average Bonchev–Trinajstić information content (AvgIpc) is 1.19. The number of methoxy groups -OCH3 is 2. The maximum Gasteiger partial charge on any atom is 0.228 e. The highest BCUT2D eigenvalue weighted by Crippen LogP contribution is 2.32. The van der Waals surface area contributed by atoms with E-state index in [-0.39, 0.29) is 53.4 Å². The minimum atomic E-state index is -0.283. The number of thiazole rings is 1. The number of phenols is 1. The number of ketones is 2. The number of rotatable bonds is 21. The van der Waals surface area contributed by atoms with E-state index in [4.69, 9.17) is 14.6 Å².